The monoisotopic (exact) mass is 451 g/mol. The number of nitrogens with zero attached hydrogens (tertiary/aromatic N) is 5. The predicted octanol–water partition coefficient (Wildman–Crippen LogP) is 4.58. The Hall–Kier alpha value is -3.05. The van der Waals surface area contributed by atoms with Gasteiger partial charge >= 0.3 is 0 Å². The van der Waals surface area contributed by atoms with Crippen LogP contribution in [-0.4, -0.2) is 47.0 Å². The van der Waals surface area contributed by atoms with E-state index in [4.69, 9.17) is 9.97 Å². The Labute approximate surface area is 191 Å². The average Bonchev–Trinajstić information content (AvgIpc) is 3.09. The van der Waals surface area contributed by atoms with Crippen LogP contribution in [0.1, 0.15) is 53.1 Å². The van der Waals surface area contributed by atoms with Crippen LogP contribution in [0.25, 0.3) is 10.2 Å². The molecule has 1 aromatic carbocycles. The highest BCUT2D eigenvalue weighted by Crippen LogP contribution is 2.34. The molecule has 0 spiro atoms. The maximum Gasteiger partial charge on any atom is 0.264 e. The number of benzene rings is 1. The van der Waals surface area contributed by atoms with Gasteiger partial charge in [-0.25, -0.2) is 14.4 Å². The molecule has 6 nitrogen and oxygen atoms in total. The van der Waals surface area contributed by atoms with Gasteiger partial charge in [0.15, 0.2) is 0 Å². The molecular formula is C24H26FN5OS. The summed E-state index contributed by atoms with van der Waals surface area (Å²) in [7, 11) is 0. The number of amides is 1. The number of rotatable bonds is 2. The zero-order chi connectivity index (χ0) is 23.2. The summed E-state index contributed by atoms with van der Waals surface area (Å²) in [6.45, 7) is 12.3. The smallest absolute Gasteiger partial charge is 0.264 e. The van der Waals surface area contributed by atoms with Crippen molar-refractivity contribution in [3.8, 4) is 6.07 Å². The minimum absolute atomic E-state index is 0.0124. The molecule has 0 bridgehead atoms. The SMILES string of the molecule is Cc1nc(C(C)(C)C)nc2sc(C(=O)N3CCN(c4cccc(F)c4C#N)CC3)c(C)c12. The average molecular weight is 452 g/mol. The number of carbonyl (C=O) groups excluding carboxylic acids is 1. The van der Waals surface area contributed by atoms with Crippen molar-refractivity contribution in [1.82, 2.24) is 14.9 Å². The Bertz CT molecular complexity index is 1250. The number of hydrogen-bond acceptors (Lipinski definition) is 6. The van der Waals surface area contributed by atoms with Gasteiger partial charge in [0.1, 0.15) is 28.1 Å². The second kappa shape index (κ2) is 8.14. The topological polar surface area (TPSA) is 73.1 Å². The first-order valence-electron chi connectivity index (χ1n) is 10.6. The fourth-order valence-electron chi connectivity index (χ4n) is 4.06. The van der Waals surface area contributed by atoms with Crippen LogP contribution < -0.4 is 4.90 Å². The van der Waals surface area contributed by atoms with E-state index in [1.165, 1.54) is 17.4 Å². The molecule has 0 atom stereocenters. The van der Waals surface area contributed by atoms with Crippen LogP contribution in [0.4, 0.5) is 10.1 Å². The number of thiophene rings is 1. The van der Waals surface area contributed by atoms with E-state index in [0.717, 1.165) is 27.3 Å². The number of halogens is 1. The summed E-state index contributed by atoms with van der Waals surface area (Å²) in [5.74, 6) is 0.247. The second-order valence-corrected chi connectivity index (χ2v) is 10.1. The highest BCUT2D eigenvalue weighted by molar-refractivity contribution is 7.20. The van der Waals surface area contributed by atoms with Gasteiger partial charge in [-0.3, -0.25) is 4.79 Å². The number of aromatic nitrogens is 2. The third-order valence-corrected chi connectivity index (χ3v) is 7.02. The van der Waals surface area contributed by atoms with Crippen LogP contribution in [0.3, 0.4) is 0 Å². The maximum absolute atomic E-state index is 14.0. The Morgan fingerprint density at radius 1 is 1.16 bits per heavy atom. The predicted molar refractivity (Wildman–Crippen MR) is 125 cm³/mol. The maximum atomic E-state index is 14.0. The molecule has 8 heteroatoms. The Morgan fingerprint density at radius 3 is 2.47 bits per heavy atom. The molecule has 166 valence electrons. The van der Waals surface area contributed by atoms with E-state index >= 15 is 0 Å². The van der Waals surface area contributed by atoms with Crippen molar-refractivity contribution in [1.29, 1.82) is 5.26 Å². The molecular weight excluding hydrogens is 425 g/mol. The van der Waals surface area contributed by atoms with E-state index in [1.54, 1.807) is 12.1 Å². The van der Waals surface area contributed by atoms with Gasteiger partial charge in [-0.1, -0.05) is 26.8 Å². The van der Waals surface area contributed by atoms with Crippen LogP contribution in [0, 0.1) is 31.0 Å². The molecule has 1 fully saturated rings. The minimum Gasteiger partial charge on any atom is -0.367 e. The largest absolute Gasteiger partial charge is 0.367 e. The molecule has 0 N–H and O–H groups in total. The van der Waals surface area contributed by atoms with Gasteiger partial charge in [-0.2, -0.15) is 5.26 Å². The molecule has 0 radical (unpaired) electrons. The highest BCUT2D eigenvalue weighted by Gasteiger charge is 2.28. The zero-order valence-electron chi connectivity index (χ0n) is 19.0. The molecule has 32 heavy (non-hydrogen) atoms. The standard InChI is InChI=1S/C24H26FN5OS/c1-14-19-15(2)27-23(24(3,4)5)28-21(19)32-20(14)22(31)30-11-9-29(10-12-30)18-8-6-7-17(25)16(18)13-26/h6-8H,9-12H2,1-5H3. The van der Waals surface area contributed by atoms with Gasteiger partial charge in [0.2, 0.25) is 0 Å². The van der Waals surface area contributed by atoms with Crippen LogP contribution >= 0.6 is 11.3 Å². The number of anilines is 1. The van der Waals surface area contributed by atoms with E-state index in [-0.39, 0.29) is 16.9 Å². The highest BCUT2D eigenvalue weighted by atomic mass is 32.1. The molecule has 1 aliphatic rings. The lowest BCUT2D eigenvalue weighted by Crippen LogP contribution is -2.49. The van der Waals surface area contributed by atoms with E-state index in [2.05, 4.69) is 20.8 Å². The molecule has 3 aromatic rings. The number of fused-ring (bicyclic) bond motifs is 1. The van der Waals surface area contributed by atoms with Crippen LogP contribution in [-0.2, 0) is 5.41 Å². The molecule has 1 saturated heterocycles. The lowest BCUT2D eigenvalue weighted by atomic mass is 9.95. The Balaban J connectivity index is 1.58. The van der Waals surface area contributed by atoms with Crippen LogP contribution in [0.2, 0.25) is 0 Å². The van der Waals surface area contributed by atoms with Gasteiger partial charge in [-0.15, -0.1) is 11.3 Å². The molecule has 4 rings (SSSR count). The summed E-state index contributed by atoms with van der Waals surface area (Å²) in [6.07, 6.45) is 0. The third-order valence-electron chi connectivity index (χ3n) is 5.85. The van der Waals surface area contributed by atoms with Crippen molar-refractivity contribution >= 4 is 33.1 Å². The number of piperazine rings is 1. The van der Waals surface area contributed by atoms with Crippen molar-refractivity contribution in [2.75, 3.05) is 31.1 Å². The van der Waals surface area contributed by atoms with Crippen LogP contribution in [0.15, 0.2) is 18.2 Å². The molecule has 0 aliphatic carbocycles. The number of nitriles is 1. The molecule has 0 unspecified atom stereocenters. The van der Waals surface area contributed by atoms with Crippen molar-refractivity contribution in [2.45, 2.75) is 40.0 Å². The van der Waals surface area contributed by atoms with E-state index in [0.29, 0.717) is 36.7 Å². The van der Waals surface area contributed by atoms with Crippen molar-refractivity contribution in [3.63, 3.8) is 0 Å². The molecule has 3 heterocycles. The quantitative estimate of drug-likeness (QED) is 0.570. The minimum atomic E-state index is -0.518. The lowest BCUT2D eigenvalue weighted by molar-refractivity contribution is 0.0751. The number of carbonyl (C=O) groups is 1. The third kappa shape index (κ3) is 3.82. The fourth-order valence-corrected chi connectivity index (χ4v) is 5.26. The van der Waals surface area contributed by atoms with Crippen LogP contribution in [0.5, 0.6) is 0 Å². The summed E-state index contributed by atoms with van der Waals surface area (Å²) in [5.41, 5.74) is 2.28. The summed E-state index contributed by atoms with van der Waals surface area (Å²) in [6, 6.07) is 6.61. The van der Waals surface area contributed by atoms with Crippen molar-refractivity contribution in [2.24, 2.45) is 0 Å². The van der Waals surface area contributed by atoms with E-state index in [1.807, 2.05) is 29.7 Å². The lowest BCUT2D eigenvalue weighted by Gasteiger charge is -2.36. The summed E-state index contributed by atoms with van der Waals surface area (Å²) >= 11 is 1.43. The normalized spacial score (nSPS) is 14.7. The fraction of sp³-hybridized carbons (Fsp3) is 0.417. The van der Waals surface area contributed by atoms with Gasteiger partial charge in [0.25, 0.3) is 5.91 Å². The van der Waals surface area contributed by atoms with Gasteiger partial charge in [-0.05, 0) is 31.5 Å². The first-order valence-corrected chi connectivity index (χ1v) is 11.4. The van der Waals surface area contributed by atoms with E-state index in [9.17, 15) is 14.4 Å². The first-order chi connectivity index (χ1) is 15.1. The van der Waals surface area contributed by atoms with Gasteiger partial charge in [0.05, 0.1) is 16.3 Å². The number of hydrogen-bond donors (Lipinski definition) is 0. The molecule has 0 saturated carbocycles. The van der Waals surface area contributed by atoms with Crippen molar-refractivity contribution in [3.05, 3.63) is 51.5 Å². The molecule has 2 aromatic heterocycles. The molecule has 1 amide bonds. The second-order valence-electron chi connectivity index (χ2n) is 9.14. The zero-order valence-corrected chi connectivity index (χ0v) is 19.8. The number of aryl methyl sites for hydroxylation is 2. The molecule has 1 aliphatic heterocycles. The van der Waals surface area contributed by atoms with Gasteiger partial charge < -0.3 is 9.80 Å². The summed E-state index contributed by atoms with van der Waals surface area (Å²) in [5, 5.41) is 10.3. The first kappa shape index (κ1) is 22.2. The summed E-state index contributed by atoms with van der Waals surface area (Å²) < 4.78 is 14.0. The van der Waals surface area contributed by atoms with Crippen molar-refractivity contribution < 1.29 is 9.18 Å². The van der Waals surface area contributed by atoms with Gasteiger partial charge in [0, 0.05) is 37.0 Å². The summed E-state index contributed by atoms with van der Waals surface area (Å²) in [4.78, 5) is 28.1. The van der Waals surface area contributed by atoms with E-state index < -0.39 is 5.82 Å². The Morgan fingerprint density at radius 2 is 1.84 bits per heavy atom. The Kier molecular flexibility index (Phi) is 5.63.